The predicted octanol–water partition coefficient (Wildman–Crippen LogP) is 3.50. The molecule has 2 aromatic carbocycles. The normalized spacial score (nSPS) is 10.3. The Morgan fingerprint density at radius 3 is 2.44 bits per heavy atom. The summed E-state index contributed by atoms with van der Waals surface area (Å²) >= 11 is 1.03. The van der Waals surface area contributed by atoms with Gasteiger partial charge >= 0.3 is 5.97 Å². The maximum absolute atomic E-state index is 12.3. The van der Waals surface area contributed by atoms with E-state index in [1.807, 2.05) is 11.5 Å². The molecule has 0 bridgehead atoms. The second-order valence-electron chi connectivity index (χ2n) is 5.02. The summed E-state index contributed by atoms with van der Waals surface area (Å²) in [7, 11) is 1.24. The minimum atomic E-state index is -0.669. The van der Waals surface area contributed by atoms with Gasteiger partial charge in [0.25, 0.3) is 5.91 Å². The predicted molar refractivity (Wildman–Crippen MR) is 102 cm³/mol. The highest BCUT2D eigenvalue weighted by Gasteiger charge is 2.15. The van der Waals surface area contributed by atoms with E-state index in [-0.39, 0.29) is 16.8 Å². The van der Waals surface area contributed by atoms with Crippen LogP contribution in [0.2, 0.25) is 0 Å². The number of esters is 1. The lowest BCUT2D eigenvalue weighted by molar-refractivity contribution is -0.112. The number of amides is 1. The van der Waals surface area contributed by atoms with E-state index in [0.29, 0.717) is 5.69 Å². The van der Waals surface area contributed by atoms with Crippen molar-refractivity contribution in [3.8, 4) is 11.5 Å². The summed E-state index contributed by atoms with van der Waals surface area (Å²) < 4.78 is 4.67. The highest BCUT2D eigenvalue weighted by Crippen LogP contribution is 2.20. The van der Waals surface area contributed by atoms with Crippen molar-refractivity contribution >= 4 is 35.0 Å². The number of ether oxygens (including phenoxy) is 1. The van der Waals surface area contributed by atoms with Gasteiger partial charge in [-0.2, -0.15) is 10.5 Å². The summed E-state index contributed by atoms with van der Waals surface area (Å²) in [4.78, 5) is 24.9. The number of nitrogens with one attached hydrogen (secondary N) is 2. The molecule has 0 unspecified atom stereocenters. The number of methoxy groups -OCH3 is 1. The van der Waals surface area contributed by atoms with Crippen molar-refractivity contribution in [2.75, 3.05) is 17.7 Å². The lowest BCUT2D eigenvalue weighted by Gasteiger charge is -2.09. The van der Waals surface area contributed by atoms with E-state index >= 15 is 0 Å². The van der Waals surface area contributed by atoms with Crippen LogP contribution in [0.1, 0.15) is 10.4 Å². The van der Waals surface area contributed by atoms with Gasteiger partial charge in [0.15, 0.2) is 0 Å². The number of para-hydroxylation sites is 1. The van der Waals surface area contributed by atoms with Gasteiger partial charge in [-0.25, -0.2) is 4.79 Å². The summed E-state index contributed by atoms with van der Waals surface area (Å²) in [6, 6.07) is 15.1. The minimum absolute atomic E-state index is 0.176. The molecule has 0 aromatic heterocycles. The summed E-state index contributed by atoms with van der Waals surface area (Å²) in [6.07, 6.45) is 1.27. The summed E-state index contributed by atoms with van der Waals surface area (Å²) in [6.45, 7) is 0. The molecule has 0 saturated heterocycles. The first-order chi connectivity index (χ1) is 13.1. The van der Waals surface area contributed by atoms with Crippen LogP contribution in [0, 0.1) is 22.0 Å². The summed E-state index contributed by atoms with van der Waals surface area (Å²) in [5.74, 6) is -1.26. The fourth-order valence-corrected chi connectivity index (χ4v) is 2.42. The molecule has 0 radical (unpaired) electrons. The zero-order chi connectivity index (χ0) is 19.6. The number of carbonyl (C=O) groups excluding carboxylic acids is 2. The van der Waals surface area contributed by atoms with Gasteiger partial charge in [-0.15, -0.1) is 0 Å². The van der Waals surface area contributed by atoms with E-state index in [4.69, 9.17) is 5.26 Å². The van der Waals surface area contributed by atoms with Crippen molar-refractivity contribution in [3.63, 3.8) is 0 Å². The lowest BCUT2D eigenvalue weighted by Crippen LogP contribution is -2.17. The van der Waals surface area contributed by atoms with Crippen molar-refractivity contribution in [2.45, 2.75) is 4.90 Å². The molecule has 0 fully saturated rings. The molecule has 0 aliphatic heterocycles. The zero-order valence-corrected chi connectivity index (χ0v) is 15.0. The van der Waals surface area contributed by atoms with Gasteiger partial charge in [0.1, 0.15) is 17.0 Å². The van der Waals surface area contributed by atoms with Gasteiger partial charge in [-0.05, 0) is 48.2 Å². The molecule has 134 valence electrons. The smallest absolute Gasteiger partial charge is 0.339 e. The summed E-state index contributed by atoms with van der Waals surface area (Å²) in [5, 5.41) is 25.2. The van der Waals surface area contributed by atoms with Gasteiger partial charge < -0.3 is 15.4 Å². The fraction of sp³-hybridized carbons (Fsp3) is 0.0526. The molecule has 0 atom stereocenters. The molecule has 2 aromatic rings. The van der Waals surface area contributed by atoms with Crippen molar-refractivity contribution in [1.29, 1.82) is 10.5 Å². The molecular formula is C19H14N4O3S. The quantitative estimate of drug-likeness (QED) is 0.260. The number of nitriles is 2. The number of benzene rings is 2. The Morgan fingerprint density at radius 1 is 1.11 bits per heavy atom. The van der Waals surface area contributed by atoms with Gasteiger partial charge in [0.2, 0.25) is 0 Å². The van der Waals surface area contributed by atoms with Crippen LogP contribution >= 0.6 is 11.8 Å². The topological polar surface area (TPSA) is 115 Å². The second kappa shape index (κ2) is 9.66. The Kier molecular flexibility index (Phi) is 7.00. The molecule has 8 heteroatoms. The zero-order valence-electron chi connectivity index (χ0n) is 14.2. The average molecular weight is 378 g/mol. The van der Waals surface area contributed by atoms with Crippen LogP contribution in [0.15, 0.2) is 65.2 Å². The van der Waals surface area contributed by atoms with Crippen LogP contribution in [-0.4, -0.2) is 19.0 Å². The largest absolute Gasteiger partial charge is 0.465 e. The molecule has 7 nitrogen and oxygen atoms in total. The molecule has 27 heavy (non-hydrogen) atoms. The molecule has 0 aliphatic rings. The van der Waals surface area contributed by atoms with Crippen LogP contribution in [-0.2, 0) is 9.53 Å². The number of anilines is 2. The Bertz CT molecular complexity index is 956. The fourth-order valence-electron chi connectivity index (χ4n) is 2.05. The van der Waals surface area contributed by atoms with Crippen LogP contribution in [0.5, 0.6) is 0 Å². The Hall–Kier alpha value is -3.75. The number of thiocyanates is 1. The molecule has 2 rings (SSSR count). The number of nitrogens with zero attached hydrogens (tertiary/aromatic N) is 2. The molecule has 2 N–H and O–H groups in total. The minimum Gasteiger partial charge on any atom is -0.465 e. The van der Waals surface area contributed by atoms with Crippen molar-refractivity contribution in [3.05, 3.63) is 65.9 Å². The first kappa shape index (κ1) is 19.6. The van der Waals surface area contributed by atoms with E-state index in [1.165, 1.54) is 25.4 Å². The van der Waals surface area contributed by atoms with Crippen LogP contribution in [0.4, 0.5) is 11.4 Å². The number of hydrogen-bond acceptors (Lipinski definition) is 7. The standard InChI is InChI=1S/C19H14N4O3S/c1-26-19(25)16-4-2-3-5-17(16)23-18(24)13(10-20)11-22-14-6-8-15(9-7-14)27-12-21/h2-9,11,22H,1H3,(H,23,24)/b13-11-. The Balaban J connectivity index is 2.12. The number of carbonyl (C=O) groups is 2. The van der Waals surface area contributed by atoms with Gasteiger partial charge in [-0.3, -0.25) is 4.79 Å². The van der Waals surface area contributed by atoms with Gasteiger partial charge in [-0.1, -0.05) is 12.1 Å². The monoisotopic (exact) mass is 378 g/mol. The molecule has 1 amide bonds. The van der Waals surface area contributed by atoms with E-state index in [0.717, 1.165) is 16.7 Å². The van der Waals surface area contributed by atoms with E-state index < -0.39 is 11.9 Å². The van der Waals surface area contributed by atoms with Crippen molar-refractivity contribution < 1.29 is 14.3 Å². The molecule has 0 saturated carbocycles. The van der Waals surface area contributed by atoms with Crippen LogP contribution in [0.25, 0.3) is 0 Å². The third-order valence-electron chi connectivity index (χ3n) is 3.35. The lowest BCUT2D eigenvalue weighted by atomic mass is 10.1. The first-order valence-electron chi connectivity index (χ1n) is 7.60. The van der Waals surface area contributed by atoms with Crippen molar-refractivity contribution in [1.82, 2.24) is 0 Å². The average Bonchev–Trinajstić information content (AvgIpc) is 2.69. The summed E-state index contributed by atoms with van der Waals surface area (Å²) in [5.41, 5.74) is 0.899. The highest BCUT2D eigenvalue weighted by atomic mass is 32.2. The maximum atomic E-state index is 12.3. The van der Waals surface area contributed by atoms with Gasteiger partial charge in [0, 0.05) is 16.8 Å². The number of rotatable bonds is 6. The van der Waals surface area contributed by atoms with Crippen LogP contribution < -0.4 is 10.6 Å². The van der Waals surface area contributed by atoms with E-state index in [1.54, 1.807) is 36.4 Å². The molecule has 0 spiro atoms. The van der Waals surface area contributed by atoms with E-state index in [9.17, 15) is 14.9 Å². The third kappa shape index (κ3) is 5.36. The SMILES string of the molecule is COC(=O)c1ccccc1NC(=O)/C(C#N)=C\Nc1ccc(SC#N)cc1. The van der Waals surface area contributed by atoms with Crippen molar-refractivity contribution in [2.24, 2.45) is 0 Å². The van der Waals surface area contributed by atoms with Gasteiger partial charge in [0.05, 0.1) is 18.4 Å². The molecular weight excluding hydrogens is 364 g/mol. The maximum Gasteiger partial charge on any atom is 0.339 e. The Labute approximate surface area is 160 Å². The number of hydrogen-bond donors (Lipinski definition) is 2. The van der Waals surface area contributed by atoms with E-state index in [2.05, 4.69) is 15.4 Å². The molecule has 0 aliphatic carbocycles. The molecule has 0 heterocycles. The highest BCUT2D eigenvalue weighted by molar-refractivity contribution is 8.03. The number of thioether (sulfide) groups is 1. The second-order valence-corrected chi connectivity index (χ2v) is 5.88. The first-order valence-corrected chi connectivity index (χ1v) is 8.42. The van der Waals surface area contributed by atoms with Crippen LogP contribution in [0.3, 0.4) is 0 Å². The third-order valence-corrected chi connectivity index (χ3v) is 3.95. The Morgan fingerprint density at radius 2 is 1.81 bits per heavy atom.